The van der Waals surface area contributed by atoms with Gasteiger partial charge in [0.25, 0.3) is 0 Å². The Kier molecular flexibility index (Phi) is 4.85. The van der Waals surface area contributed by atoms with Gasteiger partial charge in [-0.15, -0.1) is 0 Å². The number of allylic oxidation sites excluding steroid dienone is 3. The first-order valence-electron chi connectivity index (χ1n) is 8.18. The molecule has 0 radical (unpaired) electrons. The summed E-state index contributed by atoms with van der Waals surface area (Å²) < 4.78 is 0. The molecule has 120 valence electrons. The van der Waals surface area contributed by atoms with Crippen LogP contribution in [0.2, 0.25) is 0 Å². The van der Waals surface area contributed by atoms with Gasteiger partial charge in [0, 0.05) is 5.92 Å². The molecule has 0 aliphatic heterocycles. The summed E-state index contributed by atoms with van der Waals surface area (Å²) >= 11 is 0. The maximum Gasteiger partial charge on any atom is 0.167 e. The Morgan fingerprint density at radius 1 is 0.958 bits per heavy atom. The van der Waals surface area contributed by atoms with Crippen LogP contribution in [0.5, 0.6) is 0 Å². The Bertz CT molecular complexity index is 785. The molecule has 2 nitrogen and oxygen atoms in total. The van der Waals surface area contributed by atoms with Crippen molar-refractivity contribution >= 4 is 17.6 Å². The van der Waals surface area contributed by atoms with Crippen LogP contribution in [0.4, 0.5) is 0 Å². The molecule has 1 aliphatic rings. The lowest BCUT2D eigenvalue weighted by Gasteiger charge is -2.28. The highest BCUT2D eigenvalue weighted by Crippen LogP contribution is 2.37. The summed E-state index contributed by atoms with van der Waals surface area (Å²) in [6, 6.07) is 19.8. The molecule has 2 unspecified atom stereocenters. The highest BCUT2D eigenvalue weighted by molar-refractivity contribution is 6.09. The van der Waals surface area contributed by atoms with Crippen LogP contribution in [0.1, 0.15) is 30.4 Å². The Balaban J connectivity index is 1.90. The molecule has 0 saturated heterocycles. The summed E-state index contributed by atoms with van der Waals surface area (Å²) in [6.45, 7) is 1.51. The largest absolute Gasteiger partial charge is 0.299 e. The number of Topliss-reactive ketones (excluding diaryl/α,β-unsaturated/α-hetero) is 1. The fourth-order valence-corrected chi connectivity index (χ4v) is 3.28. The van der Waals surface area contributed by atoms with E-state index >= 15 is 0 Å². The second-order valence-corrected chi connectivity index (χ2v) is 6.18. The Morgan fingerprint density at radius 3 is 2.21 bits per heavy atom. The highest BCUT2D eigenvalue weighted by atomic mass is 16.1. The SMILES string of the molecule is CC(=O)C1C(=O)C=C(/C=C/c2ccccc2)CC1c1ccccc1. The Hall–Kier alpha value is -2.74. The van der Waals surface area contributed by atoms with Crippen molar-refractivity contribution in [1.29, 1.82) is 0 Å². The molecular weight excluding hydrogens is 296 g/mol. The van der Waals surface area contributed by atoms with E-state index in [4.69, 9.17) is 0 Å². The number of rotatable bonds is 4. The predicted molar refractivity (Wildman–Crippen MR) is 96.5 cm³/mol. The Morgan fingerprint density at radius 2 is 1.58 bits per heavy atom. The van der Waals surface area contributed by atoms with Crippen molar-refractivity contribution in [2.75, 3.05) is 0 Å². The van der Waals surface area contributed by atoms with Crippen LogP contribution in [0.25, 0.3) is 6.08 Å². The first kappa shape index (κ1) is 16.1. The molecule has 2 atom stereocenters. The van der Waals surface area contributed by atoms with E-state index in [-0.39, 0.29) is 17.5 Å². The molecule has 3 rings (SSSR count). The van der Waals surface area contributed by atoms with Crippen molar-refractivity contribution in [2.24, 2.45) is 5.92 Å². The molecule has 2 heteroatoms. The molecule has 0 N–H and O–H groups in total. The fourth-order valence-electron chi connectivity index (χ4n) is 3.28. The molecule has 0 heterocycles. The van der Waals surface area contributed by atoms with Crippen molar-refractivity contribution in [1.82, 2.24) is 0 Å². The van der Waals surface area contributed by atoms with Crippen molar-refractivity contribution in [2.45, 2.75) is 19.3 Å². The van der Waals surface area contributed by atoms with Gasteiger partial charge in [0.05, 0.1) is 5.92 Å². The fraction of sp³-hybridized carbons (Fsp3) is 0.182. The molecule has 0 amide bonds. The van der Waals surface area contributed by atoms with Crippen LogP contribution >= 0.6 is 0 Å². The second kappa shape index (κ2) is 7.22. The summed E-state index contributed by atoms with van der Waals surface area (Å²) in [5.74, 6) is -0.801. The van der Waals surface area contributed by atoms with Gasteiger partial charge in [-0.1, -0.05) is 72.8 Å². The maximum absolute atomic E-state index is 12.5. The topological polar surface area (TPSA) is 34.1 Å². The first-order chi connectivity index (χ1) is 11.6. The number of hydrogen-bond acceptors (Lipinski definition) is 2. The summed E-state index contributed by atoms with van der Waals surface area (Å²) in [5, 5.41) is 0. The van der Waals surface area contributed by atoms with Gasteiger partial charge in [-0.25, -0.2) is 0 Å². The molecule has 2 aromatic carbocycles. The van der Waals surface area contributed by atoms with Gasteiger partial charge in [-0.05, 0) is 36.1 Å². The third kappa shape index (κ3) is 3.60. The van der Waals surface area contributed by atoms with Crippen molar-refractivity contribution in [3.8, 4) is 0 Å². The minimum atomic E-state index is -0.568. The van der Waals surface area contributed by atoms with E-state index in [1.54, 1.807) is 6.08 Å². The molecule has 1 aliphatic carbocycles. The van der Waals surface area contributed by atoms with E-state index in [1.807, 2.05) is 72.8 Å². The molecular formula is C22H20O2. The lowest BCUT2D eigenvalue weighted by Crippen LogP contribution is -2.31. The minimum absolute atomic E-state index is 0.0591. The lowest BCUT2D eigenvalue weighted by atomic mass is 9.73. The summed E-state index contributed by atoms with van der Waals surface area (Å²) in [6.07, 6.45) is 6.32. The molecule has 0 fully saturated rings. The van der Waals surface area contributed by atoms with E-state index in [2.05, 4.69) is 0 Å². The quantitative estimate of drug-likeness (QED) is 0.773. The summed E-state index contributed by atoms with van der Waals surface area (Å²) in [4.78, 5) is 24.5. The zero-order chi connectivity index (χ0) is 16.9. The number of carbonyl (C=O) groups excluding carboxylic acids is 2. The van der Waals surface area contributed by atoms with Crippen LogP contribution in [-0.2, 0) is 9.59 Å². The van der Waals surface area contributed by atoms with Gasteiger partial charge in [0.2, 0.25) is 0 Å². The van der Waals surface area contributed by atoms with Crippen LogP contribution in [0.3, 0.4) is 0 Å². The average Bonchev–Trinajstić information content (AvgIpc) is 2.60. The minimum Gasteiger partial charge on any atom is -0.299 e. The van der Waals surface area contributed by atoms with Crippen LogP contribution < -0.4 is 0 Å². The monoisotopic (exact) mass is 316 g/mol. The van der Waals surface area contributed by atoms with Crippen LogP contribution in [-0.4, -0.2) is 11.6 Å². The number of hydrogen-bond donors (Lipinski definition) is 0. The smallest absolute Gasteiger partial charge is 0.167 e. The summed E-state index contributed by atoms with van der Waals surface area (Å²) in [7, 11) is 0. The zero-order valence-electron chi connectivity index (χ0n) is 13.7. The van der Waals surface area contributed by atoms with E-state index in [9.17, 15) is 9.59 Å². The first-order valence-corrected chi connectivity index (χ1v) is 8.18. The third-order valence-electron chi connectivity index (χ3n) is 4.45. The van der Waals surface area contributed by atoms with Gasteiger partial charge in [-0.2, -0.15) is 0 Å². The molecule has 0 saturated carbocycles. The average molecular weight is 316 g/mol. The van der Waals surface area contributed by atoms with Gasteiger partial charge in [-0.3, -0.25) is 9.59 Å². The summed E-state index contributed by atoms with van der Waals surface area (Å²) in [5.41, 5.74) is 3.11. The van der Waals surface area contributed by atoms with E-state index < -0.39 is 5.92 Å². The lowest BCUT2D eigenvalue weighted by molar-refractivity contribution is -0.130. The standard InChI is InChI=1S/C22H20O2/c1-16(23)22-20(19-10-6-3-7-11-19)14-18(15-21(22)24)13-12-17-8-4-2-5-9-17/h2-13,15,20,22H,14H2,1H3/b13-12+. The third-order valence-corrected chi connectivity index (χ3v) is 4.45. The molecule has 0 spiro atoms. The van der Waals surface area contributed by atoms with E-state index in [0.717, 1.165) is 16.7 Å². The molecule has 24 heavy (non-hydrogen) atoms. The van der Waals surface area contributed by atoms with E-state index in [1.165, 1.54) is 6.92 Å². The number of carbonyl (C=O) groups is 2. The van der Waals surface area contributed by atoms with Crippen molar-refractivity contribution < 1.29 is 9.59 Å². The highest BCUT2D eigenvalue weighted by Gasteiger charge is 2.35. The van der Waals surface area contributed by atoms with Crippen molar-refractivity contribution in [3.63, 3.8) is 0 Å². The molecule has 0 aromatic heterocycles. The van der Waals surface area contributed by atoms with Gasteiger partial charge >= 0.3 is 0 Å². The van der Waals surface area contributed by atoms with Crippen LogP contribution in [0.15, 0.2) is 78.4 Å². The molecule has 2 aromatic rings. The second-order valence-electron chi connectivity index (χ2n) is 6.18. The van der Waals surface area contributed by atoms with Gasteiger partial charge < -0.3 is 0 Å². The van der Waals surface area contributed by atoms with E-state index in [0.29, 0.717) is 6.42 Å². The number of benzene rings is 2. The Labute approximate surface area is 142 Å². The van der Waals surface area contributed by atoms with Crippen LogP contribution in [0, 0.1) is 5.92 Å². The van der Waals surface area contributed by atoms with Crippen molar-refractivity contribution in [3.05, 3.63) is 89.5 Å². The maximum atomic E-state index is 12.5. The predicted octanol–water partition coefficient (Wildman–Crippen LogP) is 4.59. The zero-order valence-corrected chi connectivity index (χ0v) is 13.7. The van der Waals surface area contributed by atoms with Gasteiger partial charge in [0.15, 0.2) is 5.78 Å². The molecule has 0 bridgehead atoms. The van der Waals surface area contributed by atoms with Gasteiger partial charge in [0.1, 0.15) is 5.78 Å². The number of ketones is 2. The normalized spacial score (nSPS) is 20.9.